The lowest BCUT2D eigenvalue weighted by Gasteiger charge is -2.20. The number of amides is 1. The van der Waals surface area contributed by atoms with E-state index >= 15 is 0 Å². The highest BCUT2D eigenvalue weighted by atomic mass is 19.1. The number of ether oxygens (including phenoxy) is 2. The molecule has 15 nitrogen and oxygen atoms in total. The number of hydrogen-bond acceptors (Lipinski definition) is 11. The zero-order valence-electron chi connectivity index (χ0n) is 30.5. The molecule has 3 atom stereocenters. The van der Waals surface area contributed by atoms with Gasteiger partial charge in [0.05, 0.1) is 36.5 Å². The van der Waals surface area contributed by atoms with Gasteiger partial charge in [-0.1, -0.05) is 62.4 Å². The van der Waals surface area contributed by atoms with Crippen molar-refractivity contribution in [2.75, 3.05) is 31.7 Å². The molecule has 1 unspecified atom stereocenters. The minimum Gasteiger partial charge on any atom is -0.463 e. The van der Waals surface area contributed by atoms with E-state index in [1.807, 2.05) is 66.9 Å². The minimum atomic E-state index is -1.26. The first kappa shape index (κ1) is 42.0. The van der Waals surface area contributed by atoms with Crippen LogP contribution in [0.3, 0.4) is 0 Å². The first-order valence-corrected chi connectivity index (χ1v) is 17.8. The Morgan fingerprint density at radius 2 is 1.51 bits per heavy atom. The summed E-state index contributed by atoms with van der Waals surface area (Å²) in [4.78, 5) is 51.4. The first-order valence-electron chi connectivity index (χ1n) is 17.8. The van der Waals surface area contributed by atoms with Gasteiger partial charge in [-0.05, 0) is 66.3 Å². The number of esters is 1. The highest BCUT2D eigenvalue weighted by molar-refractivity contribution is 6.12. The van der Waals surface area contributed by atoms with Gasteiger partial charge in [-0.25, -0.2) is 4.39 Å². The molecule has 1 aromatic heterocycles. The first-order chi connectivity index (χ1) is 26.3. The van der Waals surface area contributed by atoms with Crippen LogP contribution >= 0.6 is 0 Å². The maximum absolute atomic E-state index is 14.2. The molecule has 1 heterocycles. The Balaban J connectivity index is 1.47. The van der Waals surface area contributed by atoms with Gasteiger partial charge in [0.1, 0.15) is 25.6 Å². The fourth-order valence-corrected chi connectivity index (χ4v) is 6.20. The maximum Gasteiger partial charge on any atom is 0.308 e. The minimum absolute atomic E-state index is 0.126. The van der Waals surface area contributed by atoms with Crippen LogP contribution in [0.5, 0.6) is 0 Å². The van der Waals surface area contributed by atoms with Gasteiger partial charge in [0.15, 0.2) is 0 Å². The quantitative estimate of drug-likeness (QED) is 0.0364. The number of nitrogens with zero attached hydrogens (tertiary/aromatic N) is 3. The third kappa shape index (κ3) is 12.4. The molecular weight excluding hydrogens is 719 g/mol. The fourth-order valence-electron chi connectivity index (χ4n) is 6.20. The van der Waals surface area contributed by atoms with E-state index in [9.17, 15) is 44.4 Å². The highest BCUT2D eigenvalue weighted by Crippen LogP contribution is 2.42. The van der Waals surface area contributed by atoms with Crippen molar-refractivity contribution >= 4 is 17.6 Å². The molecule has 55 heavy (non-hydrogen) atoms. The van der Waals surface area contributed by atoms with Gasteiger partial charge < -0.3 is 34.4 Å². The summed E-state index contributed by atoms with van der Waals surface area (Å²) in [6, 6.07) is 23.2. The van der Waals surface area contributed by atoms with E-state index in [-0.39, 0.29) is 57.5 Å². The molecule has 16 heteroatoms. The average molecular weight is 765 g/mol. The van der Waals surface area contributed by atoms with E-state index in [4.69, 9.17) is 9.47 Å². The van der Waals surface area contributed by atoms with Gasteiger partial charge >= 0.3 is 5.97 Å². The predicted octanol–water partition coefficient (Wildman–Crippen LogP) is 6.03. The number of anilines is 1. The van der Waals surface area contributed by atoms with E-state index in [0.717, 1.165) is 5.56 Å². The lowest BCUT2D eigenvalue weighted by atomic mass is 9.94. The summed E-state index contributed by atoms with van der Waals surface area (Å²) >= 11 is 0. The van der Waals surface area contributed by atoms with Crippen LogP contribution in [0, 0.1) is 26.0 Å². The second-order valence-electron chi connectivity index (χ2n) is 13.1. The van der Waals surface area contributed by atoms with E-state index in [1.165, 1.54) is 12.1 Å². The lowest BCUT2D eigenvalue weighted by molar-refractivity contribution is -0.758. The van der Waals surface area contributed by atoms with Crippen molar-refractivity contribution in [3.63, 3.8) is 0 Å². The number of aliphatic hydroxyl groups excluding tert-OH is 2. The van der Waals surface area contributed by atoms with Gasteiger partial charge in [-0.3, -0.25) is 19.7 Å². The summed E-state index contributed by atoms with van der Waals surface area (Å²) in [7, 11) is 0. The SMILES string of the molecule is CC(C)c1c(C(=O)Nc2ccccc2)c(-c2ccccc2)c(-c2ccc(F)cc2)n1CC[C@@H](O)C[C@@H](O)CC(=O)OCCOCC(CCO[N+](=O)[O-])[N+](=O)[O-]. The van der Waals surface area contributed by atoms with Crippen LogP contribution in [-0.2, 0) is 25.7 Å². The molecule has 0 aliphatic carbocycles. The number of nitrogens with one attached hydrogen (secondary N) is 1. The number of carbonyl (C=O) groups excluding carboxylic acids is 2. The van der Waals surface area contributed by atoms with Crippen LogP contribution in [0.1, 0.15) is 61.5 Å². The number of hydrogen-bond donors (Lipinski definition) is 3. The summed E-state index contributed by atoms with van der Waals surface area (Å²) in [5.41, 5.74) is 4.45. The van der Waals surface area contributed by atoms with Crippen LogP contribution in [0.2, 0.25) is 0 Å². The molecule has 3 N–H and O–H groups in total. The smallest absolute Gasteiger partial charge is 0.308 e. The summed E-state index contributed by atoms with van der Waals surface area (Å²) in [5, 5.41) is 45.1. The molecule has 0 fully saturated rings. The molecule has 1 amide bonds. The Labute approximate surface area is 316 Å². The number of halogens is 1. The molecule has 4 rings (SSSR count). The molecule has 0 aliphatic rings. The number of aliphatic hydroxyl groups is 2. The molecule has 4 aromatic rings. The number of para-hydroxylation sites is 1. The fraction of sp³-hybridized carbons (Fsp3) is 0.385. The average Bonchev–Trinajstić information content (AvgIpc) is 3.49. The van der Waals surface area contributed by atoms with E-state index in [2.05, 4.69) is 10.2 Å². The van der Waals surface area contributed by atoms with Gasteiger partial charge in [0, 0.05) is 34.8 Å². The largest absolute Gasteiger partial charge is 0.463 e. The molecule has 0 radical (unpaired) electrons. The number of carbonyl (C=O) groups is 2. The molecule has 0 spiro atoms. The molecular formula is C39H45FN4O11. The zero-order valence-corrected chi connectivity index (χ0v) is 30.5. The van der Waals surface area contributed by atoms with Gasteiger partial charge in [-0.15, -0.1) is 10.1 Å². The maximum atomic E-state index is 14.2. The van der Waals surface area contributed by atoms with E-state index in [0.29, 0.717) is 33.8 Å². The summed E-state index contributed by atoms with van der Waals surface area (Å²) in [6.45, 7) is 2.83. The van der Waals surface area contributed by atoms with E-state index in [1.54, 1.807) is 24.3 Å². The van der Waals surface area contributed by atoms with Gasteiger partial charge in [0.25, 0.3) is 11.0 Å². The second-order valence-corrected chi connectivity index (χ2v) is 13.1. The number of nitro groups is 1. The van der Waals surface area contributed by atoms with Crippen molar-refractivity contribution in [2.24, 2.45) is 0 Å². The number of rotatable bonds is 22. The van der Waals surface area contributed by atoms with Crippen LogP contribution in [-0.4, -0.2) is 81.3 Å². The Morgan fingerprint density at radius 1 is 0.855 bits per heavy atom. The van der Waals surface area contributed by atoms with Gasteiger partial charge in [0.2, 0.25) is 6.04 Å². The number of benzene rings is 3. The molecule has 294 valence electrons. The Hall–Kier alpha value is -5.71. The van der Waals surface area contributed by atoms with Crippen molar-refractivity contribution in [1.82, 2.24) is 4.57 Å². The van der Waals surface area contributed by atoms with Crippen molar-refractivity contribution in [3.05, 3.63) is 122 Å². The summed E-state index contributed by atoms with van der Waals surface area (Å²) in [5.74, 6) is -1.72. The van der Waals surface area contributed by atoms with Crippen molar-refractivity contribution in [2.45, 2.75) is 70.2 Å². The summed E-state index contributed by atoms with van der Waals surface area (Å²) in [6.07, 6.45) is -3.06. The van der Waals surface area contributed by atoms with Crippen LogP contribution < -0.4 is 5.32 Å². The Kier molecular flexibility index (Phi) is 15.8. The lowest BCUT2D eigenvalue weighted by Crippen LogP contribution is -2.28. The molecule has 0 saturated carbocycles. The van der Waals surface area contributed by atoms with Gasteiger partial charge in [-0.2, -0.15) is 0 Å². The molecule has 3 aromatic carbocycles. The topological polar surface area (TPSA) is 206 Å². The zero-order chi connectivity index (χ0) is 39.9. The van der Waals surface area contributed by atoms with Crippen LogP contribution in [0.4, 0.5) is 10.1 Å². The van der Waals surface area contributed by atoms with Crippen LogP contribution in [0.25, 0.3) is 22.4 Å². The predicted molar refractivity (Wildman–Crippen MR) is 200 cm³/mol. The Morgan fingerprint density at radius 3 is 2.13 bits per heavy atom. The highest BCUT2D eigenvalue weighted by Gasteiger charge is 2.31. The third-order valence-corrected chi connectivity index (χ3v) is 8.67. The van der Waals surface area contributed by atoms with E-state index < -0.39 is 53.1 Å². The van der Waals surface area contributed by atoms with Crippen molar-refractivity contribution in [3.8, 4) is 22.4 Å². The van der Waals surface area contributed by atoms with Crippen molar-refractivity contribution in [1.29, 1.82) is 0 Å². The number of aromatic nitrogens is 1. The van der Waals surface area contributed by atoms with Crippen LogP contribution in [0.15, 0.2) is 84.9 Å². The second kappa shape index (κ2) is 20.7. The standard InChI is InChI=1S/C39H45FN4O11/c1-26(2)37-36(39(48)41-30-11-7-4-8-12-30)35(27-9-5-3-6-10-27)38(28-13-15-29(40)16-14-28)42(37)19-17-32(45)23-33(46)24-34(47)54-22-21-53-25-31(43(49)50)18-20-55-44(51)52/h3-16,26,31-33,45-46H,17-25H2,1-2H3,(H,41,48)/t31?,32-,33-/m1/s1. The summed E-state index contributed by atoms with van der Waals surface area (Å²) < 4.78 is 26.4. The molecule has 0 aliphatic heterocycles. The third-order valence-electron chi connectivity index (χ3n) is 8.67. The Bertz CT molecular complexity index is 1870. The normalized spacial score (nSPS) is 12.8. The molecule has 0 bridgehead atoms. The molecule has 0 saturated heterocycles. The van der Waals surface area contributed by atoms with Crippen molar-refractivity contribution < 1.29 is 48.5 Å². The monoisotopic (exact) mass is 764 g/mol.